The van der Waals surface area contributed by atoms with Gasteiger partial charge in [-0.15, -0.1) is 0 Å². The van der Waals surface area contributed by atoms with Crippen LogP contribution in [0.5, 0.6) is 0 Å². The van der Waals surface area contributed by atoms with E-state index in [1.54, 1.807) is 0 Å². The molecule has 0 radical (unpaired) electrons. The van der Waals surface area contributed by atoms with Crippen molar-refractivity contribution in [2.24, 2.45) is 0 Å². The largest absolute Gasteiger partial charge is 0.310 e. The highest BCUT2D eigenvalue weighted by molar-refractivity contribution is 7.19. The van der Waals surface area contributed by atoms with E-state index in [0.29, 0.717) is 0 Å². The Balaban J connectivity index is 1.07. The maximum absolute atomic E-state index is 2.70. The fraction of sp³-hybridized carbons (Fsp3) is 0. The third kappa shape index (κ3) is 6.86. The van der Waals surface area contributed by atoms with Gasteiger partial charge in [-0.3, -0.25) is 0 Å². The molecule has 11 aromatic rings. The Morgan fingerprint density at radius 2 is 0.635 bits per heavy atom. The molecule has 0 atom stereocenters. The number of hydrogen-bond acceptors (Lipinski definition) is 1. The van der Waals surface area contributed by atoms with E-state index >= 15 is 0 Å². The molecule has 2 nitrogen and oxygen atoms in total. The molecule has 1 aromatic heterocycles. The molecule has 0 amide bonds. The minimum Gasteiger partial charge on any atom is -0.310 e. The maximum Gasteiger partial charge on any atom is 0.179 e. The molecule has 0 saturated heterocycles. The van der Waals surface area contributed by atoms with Crippen LogP contribution >= 0.6 is 0 Å². The van der Waals surface area contributed by atoms with Crippen LogP contribution < -0.4 is 25.6 Å². The highest BCUT2D eigenvalue weighted by atomic mass is 28.3. The molecule has 0 aliphatic carbocycles. The van der Waals surface area contributed by atoms with Crippen LogP contribution in [0.4, 0.5) is 17.1 Å². The molecule has 10 aromatic carbocycles. The predicted molar refractivity (Wildman–Crippen MR) is 270 cm³/mol. The van der Waals surface area contributed by atoms with Crippen LogP contribution in [0, 0.1) is 0 Å². The van der Waals surface area contributed by atoms with Crippen LogP contribution in [0.2, 0.25) is 0 Å². The zero-order valence-corrected chi connectivity index (χ0v) is 35.8. The van der Waals surface area contributed by atoms with Crippen LogP contribution in [-0.4, -0.2) is 12.6 Å². The van der Waals surface area contributed by atoms with Crippen molar-refractivity contribution >= 4 is 67.7 Å². The molecule has 298 valence electrons. The second-order valence-electron chi connectivity index (χ2n) is 16.1. The average molecular weight is 821 g/mol. The second-order valence-corrected chi connectivity index (χ2v) is 19.9. The Bertz CT molecular complexity index is 3180. The fourth-order valence-corrected chi connectivity index (χ4v) is 14.4. The summed E-state index contributed by atoms with van der Waals surface area (Å²) in [5.74, 6) is 0. The molecule has 0 fully saturated rings. The average Bonchev–Trinajstić information content (AvgIpc) is 3.70. The molecule has 0 unspecified atom stereocenters. The Morgan fingerprint density at radius 1 is 0.270 bits per heavy atom. The molecular weight excluding hydrogens is 777 g/mol. The van der Waals surface area contributed by atoms with Gasteiger partial charge in [0.2, 0.25) is 0 Å². The molecule has 1 heterocycles. The quantitative estimate of drug-likeness (QED) is 0.0985. The number of anilines is 3. The molecule has 11 rings (SSSR count). The summed E-state index contributed by atoms with van der Waals surface area (Å²) in [4.78, 5) is 2.41. The van der Waals surface area contributed by atoms with E-state index in [9.17, 15) is 0 Å². The summed E-state index contributed by atoms with van der Waals surface area (Å²) in [7, 11) is -2.70. The van der Waals surface area contributed by atoms with Crippen LogP contribution in [0.25, 0.3) is 49.7 Å². The van der Waals surface area contributed by atoms with Crippen molar-refractivity contribution in [2.75, 3.05) is 4.90 Å². The lowest BCUT2D eigenvalue weighted by Crippen LogP contribution is -2.74. The lowest BCUT2D eigenvalue weighted by Gasteiger charge is -2.35. The maximum atomic E-state index is 2.41. The minimum atomic E-state index is -2.70. The van der Waals surface area contributed by atoms with E-state index in [0.717, 1.165) is 22.7 Å². The minimum absolute atomic E-state index is 1.09. The zero-order valence-electron chi connectivity index (χ0n) is 34.8. The number of nitrogens with zero attached hydrogens (tertiary/aromatic N) is 2. The van der Waals surface area contributed by atoms with Crippen LogP contribution in [0.3, 0.4) is 0 Å². The Morgan fingerprint density at radius 3 is 1.16 bits per heavy atom. The Labute approximate surface area is 370 Å². The molecule has 0 aliphatic rings. The van der Waals surface area contributed by atoms with Gasteiger partial charge < -0.3 is 9.47 Å². The summed E-state index contributed by atoms with van der Waals surface area (Å²) >= 11 is 0. The monoisotopic (exact) mass is 820 g/mol. The van der Waals surface area contributed by atoms with Crippen LogP contribution in [0.1, 0.15) is 0 Å². The Kier molecular flexibility index (Phi) is 9.93. The third-order valence-electron chi connectivity index (χ3n) is 12.6. The first-order valence-corrected chi connectivity index (χ1v) is 23.7. The molecule has 3 heteroatoms. The summed E-state index contributed by atoms with van der Waals surface area (Å²) in [5.41, 5.74) is 11.6. The van der Waals surface area contributed by atoms with Gasteiger partial charge in [0.15, 0.2) is 8.07 Å². The van der Waals surface area contributed by atoms with Gasteiger partial charge in [0.25, 0.3) is 0 Å². The van der Waals surface area contributed by atoms with Gasteiger partial charge in [0.1, 0.15) is 0 Å². The second kappa shape index (κ2) is 16.5. The van der Waals surface area contributed by atoms with E-state index in [4.69, 9.17) is 0 Å². The molecular formula is C60H44N2Si. The van der Waals surface area contributed by atoms with E-state index in [1.807, 2.05) is 0 Å². The van der Waals surface area contributed by atoms with Gasteiger partial charge in [-0.1, -0.05) is 206 Å². The molecule has 0 bridgehead atoms. The smallest absolute Gasteiger partial charge is 0.179 e. The van der Waals surface area contributed by atoms with Crippen LogP contribution in [-0.2, 0) is 0 Å². The number of rotatable bonds is 10. The number of hydrogen-bond donors (Lipinski definition) is 0. The van der Waals surface area contributed by atoms with E-state index in [2.05, 4.69) is 276 Å². The summed E-state index contributed by atoms with van der Waals surface area (Å²) in [6, 6.07) is 97.8. The van der Waals surface area contributed by atoms with E-state index in [-0.39, 0.29) is 0 Å². The normalized spacial score (nSPS) is 11.5. The van der Waals surface area contributed by atoms with Crippen molar-refractivity contribution in [2.45, 2.75) is 0 Å². The van der Waals surface area contributed by atoms with Gasteiger partial charge in [-0.2, -0.15) is 0 Å². The summed E-state index contributed by atoms with van der Waals surface area (Å²) in [6.45, 7) is 0. The summed E-state index contributed by atoms with van der Waals surface area (Å²) < 4.78 is 2.38. The number of benzene rings is 10. The van der Waals surface area contributed by atoms with Crippen molar-refractivity contribution < 1.29 is 0 Å². The van der Waals surface area contributed by atoms with Crippen molar-refractivity contribution in [3.63, 3.8) is 0 Å². The number of aromatic nitrogens is 1. The number of fused-ring (bicyclic) bond motifs is 3. The molecule has 0 spiro atoms. The first kappa shape index (κ1) is 38.0. The first-order chi connectivity index (χ1) is 31.3. The summed E-state index contributed by atoms with van der Waals surface area (Å²) in [5, 5.41) is 7.86. The topological polar surface area (TPSA) is 8.17 Å². The Hall–Kier alpha value is -7.98. The first-order valence-electron chi connectivity index (χ1n) is 21.7. The standard InChI is InChI=1S/C60H44N2Si/c1-6-18-45(19-7-1)46-30-32-47(33-31-46)48-34-36-50(37-35-48)61(52-40-43-60-58(44-52)57-28-16-17-29-59(57)62(60)49-20-8-2-9-21-49)51-38-41-56(42-39-51)63(53-22-10-3-11-23-53,54-24-12-4-13-25-54)55-26-14-5-15-27-55/h1-44H. The molecule has 63 heavy (non-hydrogen) atoms. The molecule has 0 N–H and O–H groups in total. The molecule has 0 aliphatic heterocycles. The van der Waals surface area contributed by atoms with Crippen molar-refractivity contribution in [1.29, 1.82) is 0 Å². The lowest BCUT2D eigenvalue weighted by molar-refractivity contribution is 1.18. The van der Waals surface area contributed by atoms with Crippen molar-refractivity contribution in [3.05, 3.63) is 267 Å². The van der Waals surface area contributed by atoms with Gasteiger partial charge in [0, 0.05) is 33.5 Å². The fourth-order valence-electron chi connectivity index (χ4n) is 9.62. The van der Waals surface area contributed by atoms with Crippen LogP contribution in [0.15, 0.2) is 267 Å². The van der Waals surface area contributed by atoms with Gasteiger partial charge >= 0.3 is 0 Å². The van der Waals surface area contributed by atoms with E-state index < -0.39 is 8.07 Å². The van der Waals surface area contributed by atoms with Crippen molar-refractivity contribution in [3.8, 4) is 27.9 Å². The summed E-state index contributed by atoms with van der Waals surface area (Å²) in [6.07, 6.45) is 0. The zero-order chi connectivity index (χ0) is 42.0. The van der Waals surface area contributed by atoms with Gasteiger partial charge in [0.05, 0.1) is 11.0 Å². The van der Waals surface area contributed by atoms with Crippen molar-refractivity contribution in [1.82, 2.24) is 4.57 Å². The number of para-hydroxylation sites is 2. The predicted octanol–water partition coefficient (Wildman–Crippen LogP) is 13.0. The molecule has 0 saturated carbocycles. The van der Waals surface area contributed by atoms with Gasteiger partial charge in [-0.25, -0.2) is 0 Å². The van der Waals surface area contributed by atoms with Gasteiger partial charge in [-0.05, 0) is 104 Å². The third-order valence-corrected chi connectivity index (χ3v) is 17.4. The SMILES string of the molecule is c1ccc(-c2ccc(-c3ccc(N(c4ccc([Si](c5ccccc5)(c5ccccc5)c5ccccc5)cc4)c4ccc5c(c4)c4ccccc4n5-c4ccccc4)cc3)cc2)cc1. The highest BCUT2D eigenvalue weighted by Crippen LogP contribution is 2.40. The lowest BCUT2D eigenvalue weighted by atomic mass is 10.00. The van der Waals surface area contributed by atoms with E-state index in [1.165, 1.54) is 64.8 Å². The highest BCUT2D eigenvalue weighted by Gasteiger charge is 2.41.